The molecule has 0 radical (unpaired) electrons. The Hall–Kier alpha value is -2.80. The maximum absolute atomic E-state index is 12.4. The van der Waals surface area contributed by atoms with Crippen LogP contribution in [0.15, 0.2) is 24.3 Å². The highest BCUT2D eigenvalue weighted by Crippen LogP contribution is 2.37. The van der Waals surface area contributed by atoms with E-state index in [-0.39, 0.29) is 5.91 Å². The smallest absolute Gasteiger partial charge is 0.251 e. The molecule has 1 aromatic carbocycles. The molecule has 1 aliphatic rings. The number of carbonyl (C=O) groups is 2. The molecule has 3 rings (SSSR count). The van der Waals surface area contributed by atoms with Crippen molar-refractivity contribution >= 4 is 34.2 Å². The molecule has 3 N–H and O–H groups in total. The van der Waals surface area contributed by atoms with Crippen LogP contribution in [0.25, 0.3) is 6.08 Å². The van der Waals surface area contributed by atoms with Crippen molar-refractivity contribution in [1.82, 2.24) is 0 Å². The molecule has 6 nitrogen and oxygen atoms in total. The highest BCUT2D eigenvalue weighted by molar-refractivity contribution is 7.17. The van der Waals surface area contributed by atoms with Gasteiger partial charge in [0, 0.05) is 11.0 Å². The van der Waals surface area contributed by atoms with E-state index < -0.39 is 5.91 Å². The molecule has 0 aliphatic heterocycles. The lowest BCUT2D eigenvalue weighted by Gasteiger charge is -2.07. The summed E-state index contributed by atoms with van der Waals surface area (Å²) in [4.78, 5) is 25.6. The molecule has 28 heavy (non-hydrogen) atoms. The summed E-state index contributed by atoms with van der Waals surface area (Å²) in [5.41, 5.74) is 7.88. The summed E-state index contributed by atoms with van der Waals surface area (Å²) >= 11 is 1.46. The van der Waals surface area contributed by atoms with Gasteiger partial charge < -0.3 is 20.5 Å². The van der Waals surface area contributed by atoms with Gasteiger partial charge in [0.1, 0.15) is 5.00 Å². The number of amides is 2. The molecule has 0 unspecified atom stereocenters. The van der Waals surface area contributed by atoms with Crippen LogP contribution in [0.4, 0.5) is 5.00 Å². The van der Waals surface area contributed by atoms with Crippen molar-refractivity contribution in [3.05, 3.63) is 45.8 Å². The lowest BCUT2D eigenvalue weighted by molar-refractivity contribution is -0.111. The lowest BCUT2D eigenvalue weighted by Crippen LogP contribution is -2.16. The number of methoxy groups -OCH3 is 2. The van der Waals surface area contributed by atoms with Crippen LogP contribution >= 0.6 is 11.3 Å². The largest absolute Gasteiger partial charge is 0.493 e. The zero-order chi connectivity index (χ0) is 20.1. The Morgan fingerprint density at radius 2 is 1.86 bits per heavy atom. The fourth-order valence-corrected chi connectivity index (χ4v) is 4.67. The standard InChI is InChI=1S/C21H24N2O4S/c1-26-15-10-8-13(12-16(15)27-2)9-11-18(24)23-21-19(20(22)25)14-6-4-3-5-7-17(14)28-21/h8-12H,3-7H2,1-2H3,(H2,22,25)(H,23,24)/b11-9+. The SMILES string of the molecule is COc1ccc(/C=C/C(=O)Nc2sc3c(c2C(N)=O)CCCCC3)cc1OC. The number of nitrogens with one attached hydrogen (secondary N) is 1. The first kappa shape index (κ1) is 19.9. The van der Waals surface area contributed by atoms with Gasteiger partial charge in [-0.2, -0.15) is 0 Å². The number of hydrogen-bond acceptors (Lipinski definition) is 5. The first-order chi connectivity index (χ1) is 13.5. The molecule has 1 aromatic heterocycles. The van der Waals surface area contributed by atoms with Crippen LogP contribution in [0.5, 0.6) is 11.5 Å². The van der Waals surface area contributed by atoms with Crippen LogP contribution in [0.1, 0.15) is 45.6 Å². The topological polar surface area (TPSA) is 90.6 Å². The van der Waals surface area contributed by atoms with E-state index in [0.29, 0.717) is 22.1 Å². The molecule has 148 valence electrons. The Morgan fingerprint density at radius 1 is 1.11 bits per heavy atom. The lowest BCUT2D eigenvalue weighted by atomic mass is 10.1. The quantitative estimate of drug-likeness (QED) is 0.570. The normalized spacial score (nSPS) is 13.6. The van der Waals surface area contributed by atoms with Crippen LogP contribution in [0, 0.1) is 0 Å². The number of carbonyl (C=O) groups excluding carboxylic acids is 2. The number of nitrogens with two attached hydrogens (primary N) is 1. The number of benzene rings is 1. The van der Waals surface area contributed by atoms with Crippen molar-refractivity contribution < 1.29 is 19.1 Å². The Morgan fingerprint density at radius 3 is 2.57 bits per heavy atom. The Balaban J connectivity index is 1.78. The molecule has 0 saturated carbocycles. The predicted octanol–water partition coefficient (Wildman–Crippen LogP) is 3.79. The van der Waals surface area contributed by atoms with Crippen LogP contribution < -0.4 is 20.5 Å². The second kappa shape index (κ2) is 8.93. The van der Waals surface area contributed by atoms with Gasteiger partial charge in [-0.25, -0.2) is 0 Å². The Bertz CT molecular complexity index is 917. The van der Waals surface area contributed by atoms with E-state index in [4.69, 9.17) is 15.2 Å². The van der Waals surface area contributed by atoms with Gasteiger partial charge in [0.15, 0.2) is 11.5 Å². The molecule has 2 amide bonds. The third kappa shape index (κ3) is 4.36. The Labute approximate surface area is 168 Å². The van der Waals surface area contributed by atoms with Crippen LogP contribution in [0.3, 0.4) is 0 Å². The highest BCUT2D eigenvalue weighted by Gasteiger charge is 2.23. The van der Waals surface area contributed by atoms with Crippen LogP contribution in [-0.4, -0.2) is 26.0 Å². The number of hydrogen-bond donors (Lipinski definition) is 2. The minimum absolute atomic E-state index is 0.311. The first-order valence-corrected chi connectivity index (χ1v) is 10.0. The Kier molecular flexibility index (Phi) is 6.36. The average Bonchev–Trinajstić information content (AvgIpc) is 2.86. The average molecular weight is 401 g/mol. The monoisotopic (exact) mass is 400 g/mol. The molecule has 0 spiro atoms. The van der Waals surface area contributed by atoms with Gasteiger partial charge in [0.25, 0.3) is 5.91 Å². The molecule has 1 heterocycles. The van der Waals surface area contributed by atoms with E-state index in [0.717, 1.165) is 48.1 Å². The van der Waals surface area contributed by atoms with Gasteiger partial charge in [-0.05, 0) is 55.0 Å². The number of anilines is 1. The third-order valence-electron chi connectivity index (χ3n) is 4.74. The molecule has 0 atom stereocenters. The van der Waals surface area contributed by atoms with Gasteiger partial charge in [0.2, 0.25) is 5.91 Å². The molecule has 0 bridgehead atoms. The molecule has 0 fully saturated rings. The molecule has 0 saturated heterocycles. The molecular weight excluding hydrogens is 376 g/mol. The minimum atomic E-state index is -0.487. The molecule has 2 aromatic rings. The van der Waals surface area contributed by atoms with E-state index in [1.807, 2.05) is 6.07 Å². The number of ether oxygens (including phenoxy) is 2. The molecule has 7 heteroatoms. The summed E-state index contributed by atoms with van der Waals surface area (Å²) in [7, 11) is 3.13. The van der Waals surface area contributed by atoms with E-state index in [1.165, 1.54) is 17.4 Å². The maximum atomic E-state index is 12.4. The summed E-state index contributed by atoms with van der Waals surface area (Å²) in [5, 5.41) is 3.37. The van der Waals surface area contributed by atoms with E-state index in [9.17, 15) is 9.59 Å². The summed E-state index contributed by atoms with van der Waals surface area (Å²) in [6, 6.07) is 5.38. The minimum Gasteiger partial charge on any atom is -0.493 e. The fourth-order valence-electron chi connectivity index (χ4n) is 3.37. The van der Waals surface area contributed by atoms with Crippen molar-refractivity contribution in [3.63, 3.8) is 0 Å². The predicted molar refractivity (Wildman–Crippen MR) is 111 cm³/mol. The van der Waals surface area contributed by atoms with Gasteiger partial charge in [-0.15, -0.1) is 11.3 Å². The third-order valence-corrected chi connectivity index (χ3v) is 5.95. The maximum Gasteiger partial charge on any atom is 0.251 e. The summed E-state index contributed by atoms with van der Waals surface area (Å²) in [6.07, 6.45) is 8.15. The van der Waals surface area contributed by atoms with Crippen LogP contribution in [0.2, 0.25) is 0 Å². The number of primary amides is 1. The van der Waals surface area contributed by atoms with Crippen LogP contribution in [-0.2, 0) is 17.6 Å². The molecular formula is C21H24N2O4S. The van der Waals surface area contributed by atoms with Crippen molar-refractivity contribution in [3.8, 4) is 11.5 Å². The number of fused-ring (bicyclic) bond motifs is 1. The highest BCUT2D eigenvalue weighted by atomic mass is 32.1. The van der Waals surface area contributed by atoms with E-state index in [1.54, 1.807) is 32.4 Å². The van der Waals surface area contributed by atoms with E-state index in [2.05, 4.69) is 5.32 Å². The van der Waals surface area contributed by atoms with Crippen molar-refractivity contribution in [2.75, 3.05) is 19.5 Å². The van der Waals surface area contributed by atoms with Crippen molar-refractivity contribution in [1.29, 1.82) is 0 Å². The summed E-state index contributed by atoms with van der Waals surface area (Å²) in [5.74, 6) is 0.408. The first-order valence-electron chi connectivity index (χ1n) is 9.19. The summed E-state index contributed by atoms with van der Waals surface area (Å²) in [6.45, 7) is 0. The van der Waals surface area contributed by atoms with Gasteiger partial charge in [0.05, 0.1) is 19.8 Å². The zero-order valence-corrected chi connectivity index (χ0v) is 16.9. The number of rotatable bonds is 6. The van der Waals surface area contributed by atoms with E-state index >= 15 is 0 Å². The second-order valence-electron chi connectivity index (χ2n) is 6.57. The van der Waals surface area contributed by atoms with Gasteiger partial charge in [-0.1, -0.05) is 12.5 Å². The number of aryl methyl sites for hydroxylation is 1. The van der Waals surface area contributed by atoms with Crippen molar-refractivity contribution in [2.24, 2.45) is 5.73 Å². The van der Waals surface area contributed by atoms with Crippen molar-refractivity contribution in [2.45, 2.75) is 32.1 Å². The summed E-state index contributed by atoms with van der Waals surface area (Å²) < 4.78 is 10.5. The van der Waals surface area contributed by atoms with Gasteiger partial charge in [-0.3, -0.25) is 9.59 Å². The second-order valence-corrected chi connectivity index (χ2v) is 7.68. The zero-order valence-electron chi connectivity index (χ0n) is 16.0. The number of thiophene rings is 1. The van der Waals surface area contributed by atoms with Gasteiger partial charge >= 0.3 is 0 Å². The fraction of sp³-hybridized carbons (Fsp3) is 0.333. The molecule has 1 aliphatic carbocycles.